The van der Waals surface area contributed by atoms with Crippen LogP contribution in [0.25, 0.3) is 11.0 Å². The van der Waals surface area contributed by atoms with Gasteiger partial charge in [0, 0.05) is 7.05 Å². The van der Waals surface area contributed by atoms with Crippen LogP contribution >= 0.6 is 0 Å². The zero-order valence-corrected chi connectivity index (χ0v) is 7.56. The highest BCUT2D eigenvalue weighted by molar-refractivity contribution is 6.01. The number of para-hydroxylation sites is 1. The molecule has 0 bridgehead atoms. The third kappa shape index (κ3) is 1.02. The molecule has 0 aliphatic rings. The highest BCUT2D eigenvalue weighted by Gasteiger charge is 2.13. The summed E-state index contributed by atoms with van der Waals surface area (Å²) in [7, 11) is 1.75. The molecule has 0 saturated heterocycles. The van der Waals surface area contributed by atoms with Gasteiger partial charge in [-0.2, -0.15) is 0 Å². The molecule has 14 heavy (non-hydrogen) atoms. The Bertz CT molecular complexity index is 516. The quantitative estimate of drug-likeness (QED) is 0.700. The van der Waals surface area contributed by atoms with Crippen molar-refractivity contribution in [2.24, 2.45) is 7.05 Å². The minimum absolute atomic E-state index is 0.176. The number of carboxylic acid groups (broad SMARTS) is 1. The molecule has 0 radical (unpaired) electrons. The van der Waals surface area contributed by atoms with Crippen molar-refractivity contribution >= 4 is 23.0 Å². The first-order chi connectivity index (χ1) is 6.61. The minimum Gasteiger partial charge on any atom is -0.478 e. The van der Waals surface area contributed by atoms with E-state index in [1.165, 1.54) is 6.07 Å². The maximum atomic E-state index is 10.8. The number of aromatic nitrogens is 2. The molecule has 0 aliphatic heterocycles. The number of nitrogens with zero attached hydrogens (tertiary/aromatic N) is 2. The average molecular weight is 191 g/mol. The van der Waals surface area contributed by atoms with Crippen LogP contribution in [0, 0.1) is 0 Å². The van der Waals surface area contributed by atoms with Gasteiger partial charge in [-0.15, -0.1) is 0 Å². The van der Waals surface area contributed by atoms with Crippen LogP contribution in [-0.4, -0.2) is 20.6 Å². The molecule has 0 fully saturated rings. The molecule has 0 unspecified atom stereocenters. The molecular formula is C9H9N3O2. The first-order valence-corrected chi connectivity index (χ1v) is 4.05. The number of imidazole rings is 1. The second kappa shape index (κ2) is 2.73. The van der Waals surface area contributed by atoms with Crippen LogP contribution in [0.2, 0.25) is 0 Å². The van der Waals surface area contributed by atoms with Gasteiger partial charge in [-0.25, -0.2) is 9.78 Å². The van der Waals surface area contributed by atoms with Gasteiger partial charge in [0.25, 0.3) is 0 Å². The molecule has 3 N–H and O–H groups in total. The summed E-state index contributed by atoms with van der Waals surface area (Å²) in [5, 5.41) is 8.89. The van der Waals surface area contributed by atoms with Crippen LogP contribution < -0.4 is 5.73 Å². The van der Waals surface area contributed by atoms with Gasteiger partial charge in [-0.3, -0.25) is 0 Å². The number of hydrogen-bond donors (Lipinski definition) is 2. The number of aryl methyl sites for hydroxylation is 1. The van der Waals surface area contributed by atoms with Crippen molar-refractivity contribution in [2.75, 3.05) is 5.73 Å². The van der Waals surface area contributed by atoms with Crippen molar-refractivity contribution in [3.8, 4) is 0 Å². The van der Waals surface area contributed by atoms with E-state index >= 15 is 0 Å². The Balaban J connectivity index is 2.88. The number of hydrogen-bond acceptors (Lipinski definition) is 3. The highest BCUT2D eigenvalue weighted by Crippen LogP contribution is 2.19. The summed E-state index contributed by atoms with van der Waals surface area (Å²) in [5.74, 6) is -0.678. The van der Waals surface area contributed by atoms with E-state index in [-0.39, 0.29) is 5.56 Å². The monoisotopic (exact) mass is 191 g/mol. The molecule has 0 spiro atoms. The third-order valence-electron chi connectivity index (χ3n) is 2.18. The van der Waals surface area contributed by atoms with Crippen molar-refractivity contribution < 1.29 is 9.90 Å². The van der Waals surface area contributed by atoms with Crippen molar-refractivity contribution in [2.45, 2.75) is 0 Å². The Hall–Kier alpha value is -2.04. The first-order valence-electron chi connectivity index (χ1n) is 4.05. The molecule has 5 nitrogen and oxygen atoms in total. The molecule has 0 atom stereocenters. The Morgan fingerprint density at radius 2 is 2.29 bits per heavy atom. The predicted molar refractivity (Wildman–Crippen MR) is 52.1 cm³/mol. The number of nitrogen functional groups attached to an aromatic ring is 1. The molecule has 72 valence electrons. The second-order valence-electron chi connectivity index (χ2n) is 3.01. The van der Waals surface area contributed by atoms with Crippen LogP contribution in [0.5, 0.6) is 0 Å². The maximum absolute atomic E-state index is 10.8. The fourth-order valence-electron chi connectivity index (χ4n) is 1.41. The number of nitrogens with two attached hydrogens (primary N) is 1. The lowest BCUT2D eigenvalue weighted by Crippen LogP contribution is -1.97. The highest BCUT2D eigenvalue weighted by atomic mass is 16.4. The van der Waals surface area contributed by atoms with Gasteiger partial charge in [0.05, 0.1) is 11.1 Å². The van der Waals surface area contributed by atoms with Crippen molar-refractivity contribution in [3.05, 3.63) is 23.8 Å². The largest absolute Gasteiger partial charge is 0.478 e. The molecule has 0 saturated carbocycles. The summed E-state index contributed by atoms with van der Waals surface area (Å²) >= 11 is 0. The van der Waals surface area contributed by atoms with E-state index in [0.717, 1.165) is 5.52 Å². The fourth-order valence-corrected chi connectivity index (χ4v) is 1.41. The van der Waals surface area contributed by atoms with E-state index in [4.69, 9.17) is 10.8 Å². The van der Waals surface area contributed by atoms with E-state index in [1.807, 2.05) is 0 Å². The average Bonchev–Trinajstić information content (AvgIpc) is 2.43. The van der Waals surface area contributed by atoms with Crippen molar-refractivity contribution in [3.63, 3.8) is 0 Å². The molecule has 2 aromatic rings. The molecule has 2 rings (SSSR count). The normalized spacial score (nSPS) is 10.6. The lowest BCUT2D eigenvalue weighted by molar-refractivity contribution is 0.0699. The molecule has 1 heterocycles. The predicted octanol–water partition coefficient (Wildman–Crippen LogP) is 0.854. The third-order valence-corrected chi connectivity index (χ3v) is 2.18. The van der Waals surface area contributed by atoms with Gasteiger partial charge in [0.1, 0.15) is 5.52 Å². The van der Waals surface area contributed by atoms with Gasteiger partial charge >= 0.3 is 5.97 Å². The number of benzene rings is 1. The number of aromatic carboxylic acids is 1. The summed E-state index contributed by atoms with van der Waals surface area (Å²) in [5.41, 5.74) is 6.91. The second-order valence-corrected chi connectivity index (χ2v) is 3.01. The molecule has 5 heteroatoms. The van der Waals surface area contributed by atoms with Crippen LogP contribution in [0.15, 0.2) is 18.2 Å². The van der Waals surface area contributed by atoms with Crippen molar-refractivity contribution in [1.82, 2.24) is 9.55 Å². The molecule has 0 amide bonds. The van der Waals surface area contributed by atoms with E-state index in [0.29, 0.717) is 11.5 Å². The smallest absolute Gasteiger partial charge is 0.337 e. The van der Waals surface area contributed by atoms with Gasteiger partial charge in [0.2, 0.25) is 5.95 Å². The van der Waals surface area contributed by atoms with E-state index in [9.17, 15) is 4.79 Å². The summed E-state index contributed by atoms with van der Waals surface area (Å²) in [6, 6.07) is 4.97. The zero-order valence-electron chi connectivity index (χ0n) is 7.56. The number of carbonyl (C=O) groups is 1. The van der Waals surface area contributed by atoms with Crippen LogP contribution in [-0.2, 0) is 7.05 Å². The maximum Gasteiger partial charge on any atom is 0.337 e. The van der Waals surface area contributed by atoms with E-state index in [2.05, 4.69) is 4.98 Å². The number of rotatable bonds is 1. The minimum atomic E-state index is -0.992. The summed E-state index contributed by atoms with van der Waals surface area (Å²) in [4.78, 5) is 14.8. The fraction of sp³-hybridized carbons (Fsp3) is 0.111. The standard InChI is InChI=1S/C9H9N3O2/c1-12-6-4-2-3-5(8(13)14)7(6)11-9(12)10/h2-4H,1H3,(H2,10,11)(H,13,14). The van der Waals surface area contributed by atoms with Crippen molar-refractivity contribution in [1.29, 1.82) is 0 Å². The molecule has 1 aromatic heterocycles. The Kier molecular flexibility index (Phi) is 1.67. The van der Waals surface area contributed by atoms with Gasteiger partial charge in [0.15, 0.2) is 0 Å². The van der Waals surface area contributed by atoms with E-state index in [1.54, 1.807) is 23.7 Å². The molecule has 0 aliphatic carbocycles. The van der Waals surface area contributed by atoms with Crippen LogP contribution in [0.4, 0.5) is 5.95 Å². The summed E-state index contributed by atoms with van der Waals surface area (Å²) < 4.78 is 1.65. The summed E-state index contributed by atoms with van der Waals surface area (Å²) in [6.07, 6.45) is 0. The van der Waals surface area contributed by atoms with Gasteiger partial charge < -0.3 is 15.4 Å². The lowest BCUT2D eigenvalue weighted by atomic mass is 10.2. The van der Waals surface area contributed by atoms with Crippen LogP contribution in [0.3, 0.4) is 0 Å². The summed E-state index contributed by atoms with van der Waals surface area (Å²) in [6.45, 7) is 0. The van der Waals surface area contributed by atoms with E-state index < -0.39 is 5.97 Å². The topological polar surface area (TPSA) is 81.1 Å². The zero-order chi connectivity index (χ0) is 10.3. The number of fused-ring (bicyclic) bond motifs is 1. The van der Waals surface area contributed by atoms with Gasteiger partial charge in [-0.1, -0.05) is 6.07 Å². The first kappa shape index (κ1) is 8.55. The number of carboxylic acids is 1. The molecule has 1 aromatic carbocycles. The van der Waals surface area contributed by atoms with Gasteiger partial charge in [-0.05, 0) is 12.1 Å². The SMILES string of the molecule is Cn1c(N)nc2c(C(=O)O)cccc21. The number of anilines is 1. The van der Waals surface area contributed by atoms with Crippen LogP contribution in [0.1, 0.15) is 10.4 Å². The lowest BCUT2D eigenvalue weighted by Gasteiger charge is -1.96. The molecular weight excluding hydrogens is 182 g/mol. The Labute approximate surface area is 79.8 Å². The Morgan fingerprint density at radius 1 is 1.57 bits per heavy atom. The Morgan fingerprint density at radius 3 is 2.93 bits per heavy atom.